The zero-order valence-electron chi connectivity index (χ0n) is 16.0. The molecule has 1 heterocycles. The highest BCUT2D eigenvalue weighted by atomic mass is 32.2. The minimum Gasteiger partial charge on any atom is -0.497 e. The molecule has 1 aliphatic heterocycles. The first kappa shape index (κ1) is 20.5. The Kier molecular flexibility index (Phi) is 6.61. The number of ether oxygens (including phenoxy) is 1. The first-order chi connectivity index (χ1) is 14.0. The van der Waals surface area contributed by atoms with Crippen molar-refractivity contribution in [3.05, 3.63) is 69.8 Å². The van der Waals surface area contributed by atoms with E-state index in [2.05, 4.69) is 10.2 Å². The van der Waals surface area contributed by atoms with Crippen LogP contribution in [0.15, 0.2) is 58.7 Å². The molecule has 9 heteroatoms. The van der Waals surface area contributed by atoms with E-state index in [9.17, 15) is 14.9 Å². The third kappa shape index (κ3) is 5.00. The smallest absolute Gasteiger partial charge is 0.270 e. The molecule has 2 aromatic carbocycles. The summed E-state index contributed by atoms with van der Waals surface area (Å²) in [6.07, 6.45) is 2.13. The van der Waals surface area contributed by atoms with Crippen LogP contribution in [0.5, 0.6) is 5.75 Å². The van der Waals surface area contributed by atoms with Crippen molar-refractivity contribution in [2.75, 3.05) is 7.11 Å². The molecule has 1 atom stereocenters. The summed E-state index contributed by atoms with van der Waals surface area (Å²) in [4.78, 5) is 24.7. The summed E-state index contributed by atoms with van der Waals surface area (Å²) < 4.78 is 5.16. The largest absolute Gasteiger partial charge is 0.497 e. The molecule has 29 heavy (non-hydrogen) atoms. The van der Waals surface area contributed by atoms with E-state index in [0.29, 0.717) is 23.7 Å². The zero-order chi connectivity index (χ0) is 20.8. The van der Waals surface area contributed by atoms with Crippen molar-refractivity contribution in [2.45, 2.75) is 25.1 Å². The van der Waals surface area contributed by atoms with Gasteiger partial charge in [0, 0.05) is 17.7 Å². The van der Waals surface area contributed by atoms with Gasteiger partial charge in [0.25, 0.3) is 5.69 Å². The van der Waals surface area contributed by atoms with Crippen molar-refractivity contribution >= 4 is 34.7 Å². The van der Waals surface area contributed by atoms with Crippen molar-refractivity contribution in [3.8, 4) is 5.75 Å². The van der Waals surface area contributed by atoms with E-state index in [1.807, 2.05) is 31.2 Å². The lowest BCUT2D eigenvalue weighted by molar-refractivity contribution is -0.384. The van der Waals surface area contributed by atoms with Gasteiger partial charge in [-0.05, 0) is 24.1 Å². The Morgan fingerprint density at radius 3 is 2.69 bits per heavy atom. The van der Waals surface area contributed by atoms with Crippen LogP contribution in [0, 0.1) is 10.1 Å². The van der Waals surface area contributed by atoms with Gasteiger partial charge in [-0.1, -0.05) is 43.0 Å². The third-order valence-electron chi connectivity index (χ3n) is 4.32. The van der Waals surface area contributed by atoms with Gasteiger partial charge in [-0.25, -0.2) is 0 Å². The van der Waals surface area contributed by atoms with E-state index in [0.717, 1.165) is 11.3 Å². The van der Waals surface area contributed by atoms with Gasteiger partial charge in [-0.15, -0.1) is 5.10 Å². The second-order valence-corrected chi connectivity index (χ2v) is 7.44. The van der Waals surface area contributed by atoms with Gasteiger partial charge < -0.3 is 4.74 Å². The molecule has 1 saturated heterocycles. The number of amides is 1. The molecule has 150 valence electrons. The number of thioether (sulfide) groups is 1. The summed E-state index contributed by atoms with van der Waals surface area (Å²) >= 11 is 1.38. The maximum Gasteiger partial charge on any atom is 0.270 e. The summed E-state index contributed by atoms with van der Waals surface area (Å²) in [6, 6.07) is 13.6. The molecule has 0 aromatic heterocycles. The third-order valence-corrected chi connectivity index (χ3v) is 5.65. The van der Waals surface area contributed by atoms with Crippen molar-refractivity contribution < 1.29 is 14.5 Å². The molecule has 0 unspecified atom stereocenters. The van der Waals surface area contributed by atoms with Gasteiger partial charge in [-0.2, -0.15) is 5.10 Å². The lowest BCUT2D eigenvalue weighted by Crippen LogP contribution is -2.31. The lowest BCUT2D eigenvalue weighted by Gasteiger charge is -2.16. The second kappa shape index (κ2) is 9.33. The van der Waals surface area contributed by atoms with Crippen LogP contribution in [-0.2, 0) is 11.3 Å². The Labute approximate surface area is 172 Å². The van der Waals surface area contributed by atoms with Crippen LogP contribution in [0.1, 0.15) is 24.5 Å². The first-order valence-corrected chi connectivity index (χ1v) is 9.86. The molecule has 0 spiro atoms. The average Bonchev–Trinajstić information content (AvgIpc) is 3.03. The predicted octanol–water partition coefficient (Wildman–Crippen LogP) is 3.85. The van der Waals surface area contributed by atoms with Crippen LogP contribution in [0.4, 0.5) is 5.69 Å². The average molecular weight is 412 g/mol. The molecule has 0 aliphatic carbocycles. The molecule has 1 aliphatic rings. The van der Waals surface area contributed by atoms with Crippen molar-refractivity contribution in [1.29, 1.82) is 0 Å². The second-order valence-electron chi connectivity index (χ2n) is 6.27. The Balaban J connectivity index is 1.79. The van der Waals surface area contributed by atoms with Crippen LogP contribution < -0.4 is 4.74 Å². The quantitative estimate of drug-likeness (QED) is 0.391. The van der Waals surface area contributed by atoms with E-state index < -0.39 is 4.92 Å². The number of nitrogens with zero attached hydrogens (tertiary/aromatic N) is 4. The van der Waals surface area contributed by atoms with E-state index in [1.165, 1.54) is 30.1 Å². The Bertz CT molecular complexity index is 959. The van der Waals surface area contributed by atoms with Gasteiger partial charge in [0.1, 0.15) is 5.75 Å². The van der Waals surface area contributed by atoms with Crippen LogP contribution >= 0.6 is 11.8 Å². The van der Waals surface area contributed by atoms with Crippen molar-refractivity contribution in [3.63, 3.8) is 0 Å². The number of amidine groups is 1. The van der Waals surface area contributed by atoms with Crippen LogP contribution in [0.25, 0.3) is 0 Å². The highest BCUT2D eigenvalue weighted by Gasteiger charge is 2.36. The summed E-state index contributed by atoms with van der Waals surface area (Å²) in [6.45, 7) is 2.34. The molecule has 0 saturated carbocycles. The molecule has 0 N–H and O–H groups in total. The number of hydrogen-bond donors (Lipinski definition) is 0. The molecular formula is C20H20N4O4S. The maximum atomic E-state index is 12.7. The van der Waals surface area contributed by atoms with Gasteiger partial charge in [0.15, 0.2) is 5.17 Å². The first-order valence-electron chi connectivity index (χ1n) is 8.98. The molecule has 0 radical (unpaired) electrons. The highest BCUT2D eigenvalue weighted by molar-refractivity contribution is 8.15. The van der Waals surface area contributed by atoms with Crippen molar-refractivity contribution in [1.82, 2.24) is 4.90 Å². The number of nitro benzene ring substituents is 1. The van der Waals surface area contributed by atoms with E-state index in [1.54, 1.807) is 24.1 Å². The maximum absolute atomic E-state index is 12.7. The minimum absolute atomic E-state index is 0.00221. The molecule has 1 amide bonds. The van der Waals surface area contributed by atoms with Gasteiger partial charge in [0.2, 0.25) is 5.91 Å². The number of hydrogen-bond acceptors (Lipinski definition) is 7. The normalized spacial score (nSPS) is 18.0. The van der Waals surface area contributed by atoms with Gasteiger partial charge in [-0.3, -0.25) is 19.8 Å². The molecule has 3 rings (SSSR count). The highest BCUT2D eigenvalue weighted by Crippen LogP contribution is 2.31. The number of benzene rings is 2. The Morgan fingerprint density at radius 2 is 2.03 bits per heavy atom. The lowest BCUT2D eigenvalue weighted by atomic mass is 10.2. The number of nitro groups is 1. The van der Waals surface area contributed by atoms with Crippen molar-refractivity contribution in [2.24, 2.45) is 10.2 Å². The van der Waals surface area contributed by atoms with Crippen LogP contribution in [-0.4, -0.2) is 39.5 Å². The van der Waals surface area contributed by atoms with Crippen LogP contribution in [0.3, 0.4) is 0 Å². The van der Waals surface area contributed by atoms with Gasteiger partial charge in [0.05, 0.1) is 30.0 Å². The van der Waals surface area contributed by atoms with E-state index >= 15 is 0 Å². The summed E-state index contributed by atoms with van der Waals surface area (Å²) in [5.74, 6) is 0.746. The fraction of sp³-hybridized carbons (Fsp3) is 0.250. The molecular weight excluding hydrogens is 392 g/mol. The van der Waals surface area contributed by atoms with E-state index in [4.69, 9.17) is 4.74 Å². The number of carbonyl (C=O) groups excluding carboxylic acids is 1. The number of carbonyl (C=O) groups is 1. The number of methoxy groups -OCH3 is 1. The molecule has 2 aromatic rings. The topological polar surface area (TPSA) is 97.4 Å². The molecule has 8 nitrogen and oxygen atoms in total. The SMILES string of the molecule is CC[C@H]1S/C(=N/N=C\c2cccc([N+](=O)[O-])c2)N(Cc2ccc(OC)cc2)C1=O. The monoisotopic (exact) mass is 412 g/mol. The Morgan fingerprint density at radius 1 is 1.28 bits per heavy atom. The number of non-ortho nitro benzene ring substituents is 1. The Hall–Kier alpha value is -3.20. The molecule has 1 fully saturated rings. The molecule has 0 bridgehead atoms. The zero-order valence-corrected chi connectivity index (χ0v) is 16.8. The van der Waals surface area contributed by atoms with E-state index in [-0.39, 0.29) is 16.8 Å². The number of rotatable bonds is 7. The standard InChI is InChI=1S/C20H20N4O4S/c1-3-18-19(25)23(13-14-7-9-17(28-2)10-8-14)20(29-18)22-21-12-15-5-4-6-16(11-15)24(26)27/h4-12,18H,3,13H2,1-2H3/b21-12-,22-20+/t18-/m1/s1. The summed E-state index contributed by atoms with van der Waals surface area (Å²) in [7, 11) is 1.60. The van der Waals surface area contributed by atoms with Gasteiger partial charge >= 0.3 is 0 Å². The summed E-state index contributed by atoms with van der Waals surface area (Å²) in [5.41, 5.74) is 1.50. The summed E-state index contributed by atoms with van der Waals surface area (Å²) in [5, 5.41) is 19.5. The fourth-order valence-corrected chi connectivity index (χ4v) is 3.79. The van der Waals surface area contributed by atoms with Crippen LogP contribution in [0.2, 0.25) is 0 Å². The minimum atomic E-state index is -0.461. The fourth-order valence-electron chi connectivity index (χ4n) is 2.77. The predicted molar refractivity (Wildman–Crippen MR) is 113 cm³/mol.